The molecule has 1 aromatic heterocycles. The van der Waals surface area contributed by atoms with Gasteiger partial charge in [0.2, 0.25) is 0 Å². The highest BCUT2D eigenvalue weighted by molar-refractivity contribution is 14.0. The first kappa shape index (κ1) is 24.3. The average Bonchev–Trinajstić information content (AvgIpc) is 3.29. The number of aliphatic imine (C=N–C) groups is 1. The molecular weight excluding hydrogens is 524 g/mol. The Labute approximate surface area is 198 Å². The summed E-state index contributed by atoms with van der Waals surface area (Å²) < 4.78 is 14.6. The summed E-state index contributed by atoms with van der Waals surface area (Å²) in [6.45, 7) is 7.10. The van der Waals surface area contributed by atoms with Gasteiger partial charge in [-0.25, -0.2) is 9.37 Å². The summed E-state index contributed by atoms with van der Waals surface area (Å²) in [6.07, 6.45) is 2.25. The van der Waals surface area contributed by atoms with Crippen molar-refractivity contribution >= 4 is 52.9 Å². The molecule has 0 radical (unpaired) electrons. The van der Waals surface area contributed by atoms with Gasteiger partial charge in [-0.3, -0.25) is 9.89 Å². The molecule has 3 rings (SSSR count). The highest BCUT2D eigenvalue weighted by Crippen LogP contribution is 2.31. The molecule has 1 unspecified atom stereocenters. The number of rotatable bonds is 6. The topological polar surface area (TPSA) is 52.6 Å². The Morgan fingerprint density at radius 1 is 1.31 bits per heavy atom. The van der Waals surface area contributed by atoms with Crippen LogP contribution in [0, 0.1) is 19.7 Å². The smallest absolute Gasteiger partial charge is 0.191 e. The molecule has 1 aliphatic heterocycles. The van der Waals surface area contributed by atoms with Crippen molar-refractivity contribution in [2.24, 2.45) is 4.99 Å². The van der Waals surface area contributed by atoms with Crippen LogP contribution in [0.4, 0.5) is 4.39 Å². The van der Waals surface area contributed by atoms with Gasteiger partial charge in [0.15, 0.2) is 5.96 Å². The third kappa shape index (κ3) is 6.26. The number of aryl methyl sites for hydroxylation is 2. The van der Waals surface area contributed by atoms with Crippen LogP contribution in [0.3, 0.4) is 0 Å². The van der Waals surface area contributed by atoms with E-state index in [-0.39, 0.29) is 35.8 Å². The van der Waals surface area contributed by atoms with Gasteiger partial charge in [-0.05, 0) is 51.9 Å². The lowest BCUT2D eigenvalue weighted by Crippen LogP contribution is -2.42. The number of thiazole rings is 1. The third-order valence-corrected chi connectivity index (χ3v) is 6.42. The number of nitrogens with zero attached hydrogens (tertiary/aromatic N) is 3. The zero-order valence-electron chi connectivity index (χ0n) is 17.0. The molecule has 1 saturated heterocycles. The molecule has 160 valence electrons. The molecule has 0 amide bonds. The molecule has 0 aliphatic carbocycles. The molecule has 29 heavy (non-hydrogen) atoms. The Bertz CT molecular complexity index is 818. The fourth-order valence-corrected chi connectivity index (χ4v) is 4.78. The van der Waals surface area contributed by atoms with Crippen molar-refractivity contribution in [3.05, 3.63) is 50.2 Å². The molecule has 1 aromatic carbocycles. The van der Waals surface area contributed by atoms with Gasteiger partial charge in [-0.15, -0.1) is 35.3 Å². The summed E-state index contributed by atoms with van der Waals surface area (Å²) in [7, 11) is 1.74. The van der Waals surface area contributed by atoms with E-state index in [1.165, 1.54) is 10.9 Å². The Morgan fingerprint density at radius 3 is 2.62 bits per heavy atom. The predicted octanol–water partition coefficient (Wildman–Crippen LogP) is 4.67. The molecular formula is C20H28ClFIN5S. The number of benzene rings is 1. The maximum atomic E-state index is 14.6. The Morgan fingerprint density at radius 2 is 2.03 bits per heavy atom. The van der Waals surface area contributed by atoms with E-state index in [1.54, 1.807) is 30.5 Å². The molecule has 1 fully saturated rings. The van der Waals surface area contributed by atoms with Crippen molar-refractivity contribution < 1.29 is 4.39 Å². The largest absolute Gasteiger partial charge is 0.354 e. The van der Waals surface area contributed by atoms with Crippen LogP contribution >= 0.6 is 46.9 Å². The second kappa shape index (κ2) is 11.4. The minimum absolute atomic E-state index is 0. The monoisotopic (exact) mass is 551 g/mol. The SMILES string of the molecule is CN=C(NCc1sc(C)nc1C)NCC(c1c(F)cccc1Cl)N1CCCC1.I. The lowest BCUT2D eigenvalue weighted by molar-refractivity contribution is 0.240. The standard InChI is InChI=1S/C20H27ClFN5S.HI/c1-13-18(28-14(2)26-13)12-25-20(23-3)24-11-17(27-9-4-5-10-27)19-15(21)7-6-8-16(19)22;/h6-8,17H,4-5,9-12H2,1-3H3,(H2,23,24,25);1H. The Hall–Kier alpha value is -0.970. The van der Waals surface area contributed by atoms with E-state index in [4.69, 9.17) is 11.6 Å². The number of nitrogens with one attached hydrogen (secondary N) is 2. The molecule has 1 aliphatic rings. The summed E-state index contributed by atoms with van der Waals surface area (Å²) in [6, 6.07) is 4.74. The van der Waals surface area contributed by atoms with E-state index in [2.05, 4.69) is 25.5 Å². The highest BCUT2D eigenvalue weighted by Gasteiger charge is 2.27. The zero-order valence-corrected chi connectivity index (χ0v) is 20.9. The molecule has 0 spiro atoms. The number of aromatic nitrogens is 1. The first-order chi connectivity index (χ1) is 13.5. The van der Waals surface area contributed by atoms with Crippen molar-refractivity contribution in [2.75, 3.05) is 26.7 Å². The van der Waals surface area contributed by atoms with Crippen LogP contribution in [0.25, 0.3) is 0 Å². The Balaban J connectivity index is 0.00000300. The minimum Gasteiger partial charge on any atom is -0.354 e. The molecule has 5 nitrogen and oxygen atoms in total. The molecule has 0 bridgehead atoms. The van der Waals surface area contributed by atoms with Crippen LogP contribution < -0.4 is 10.6 Å². The summed E-state index contributed by atoms with van der Waals surface area (Å²) in [5, 5.41) is 8.21. The van der Waals surface area contributed by atoms with E-state index < -0.39 is 0 Å². The quantitative estimate of drug-likeness (QED) is 0.311. The minimum atomic E-state index is -0.259. The summed E-state index contributed by atoms with van der Waals surface area (Å²) in [4.78, 5) is 12.2. The van der Waals surface area contributed by atoms with E-state index in [9.17, 15) is 4.39 Å². The normalized spacial score (nSPS) is 15.8. The fraction of sp³-hybridized carbons (Fsp3) is 0.500. The van der Waals surface area contributed by atoms with Crippen molar-refractivity contribution in [2.45, 2.75) is 39.3 Å². The van der Waals surface area contributed by atoms with Crippen LogP contribution in [0.2, 0.25) is 5.02 Å². The predicted molar refractivity (Wildman–Crippen MR) is 130 cm³/mol. The fourth-order valence-electron chi connectivity index (χ4n) is 3.61. The zero-order chi connectivity index (χ0) is 20.1. The van der Waals surface area contributed by atoms with Crippen LogP contribution in [-0.2, 0) is 6.54 Å². The number of hydrogen-bond donors (Lipinski definition) is 2. The van der Waals surface area contributed by atoms with Crippen LogP contribution in [-0.4, -0.2) is 42.5 Å². The van der Waals surface area contributed by atoms with Crippen molar-refractivity contribution in [3.63, 3.8) is 0 Å². The third-order valence-electron chi connectivity index (χ3n) is 5.02. The van der Waals surface area contributed by atoms with Gasteiger partial charge in [-0.2, -0.15) is 0 Å². The lowest BCUT2D eigenvalue weighted by Gasteiger charge is -2.29. The van der Waals surface area contributed by atoms with Gasteiger partial charge < -0.3 is 10.6 Å². The van der Waals surface area contributed by atoms with Crippen LogP contribution in [0.1, 0.15) is 40.0 Å². The molecule has 0 saturated carbocycles. The summed E-state index contributed by atoms with van der Waals surface area (Å²) in [5.41, 5.74) is 1.60. The first-order valence-corrected chi connectivity index (χ1v) is 10.7. The van der Waals surface area contributed by atoms with Gasteiger partial charge in [0.05, 0.1) is 23.3 Å². The van der Waals surface area contributed by atoms with Gasteiger partial charge in [0.25, 0.3) is 0 Å². The lowest BCUT2D eigenvalue weighted by atomic mass is 10.0. The highest BCUT2D eigenvalue weighted by atomic mass is 127. The van der Waals surface area contributed by atoms with E-state index in [1.807, 2.05) is 13.8 Å². The molecule has 2 heterocycles. The van der Waals surface area contributed by atoms with Crippen LogP contribution in [0.5, 0.6) is 0 Å². The number of guanidine groups is 1. The van der Waals surface area contributed by atoms with Gasteiger partial charge in [-0.1, -0.05) is 17.7 Å². The van der Waals surface area contributed by atoms with Gasteiger partial charge in [0, 0.05) is 29.1 Å². The Kier molecular flexibility index (Phi) is 9.58. The molecule has 2 N–H and O–H groups in total. The van der Waals surface area contributed by atoms with E-state index in [0.717, 1.165) is 36.6 Å². The number of halogens is 3. The molecule has 2 aromatic rings. The second-order valence-electron chi connectivity index (χ2n) is 6.94. The van der Waals surface area contributed by atoms with Crippen LogP contribution in [0.15, 0.2) is 23.2 Å². The average molecular weight is 552 g/mol. The summed E-state index contributed by atoms with van der Waals surface area (Å²) in [5.74, 6) is 0.423. The number of hydrogen-bond acceptors (Lipinski definition) is 4. The van der Waals surface area contributed by atoms with Gasteiger partial charge >= 0.3 is 0 Å². The van der Waals surface area contributed by atoms with Crippen molar-refractivity contribution in [1.29, 1.82) is 0 Å². The molecule has 9 heteroatoms. The van der Waals surface area contributed by atoms with E-state index in [0.29, 0.717) is 29.6 Å². The number of likely N-dealkylation sites (tertiary alicyclic amines) is 1. The van der Waals surface area contributed by atoms with Crippen molar-refractivity contribution in [1.82, 2.24) is 20.5 Å². The van der Waals surface area contributed by atoms with E-state index >= 15 is 0 Å². The van der Waals surface area contributed by atoms with Gasteiger partial charge in [0.1, 0.15) is 5.82 Å². The second-order valence-corrected chi connectivity index (χ2v) is 8.64. The first-order valence-electron chi connectivity index (χ1n) is 9.55. The maximum Gasteiger partial charge on any atom is 0.191 e. The maximum absolute atomic E-state index is 14.6. The van der Waals surface area contributed by atoms with Crippen molar-refractivity contribution in [3.8, 4) is 0 Å². The molecule has 1 atom stereocenters. The summed E-state index contributed by atoms with van der Waals surface area (Å²) >= 11 is 8.05.